The van der Waals surface area contributed by atoms with Crippen molar-refractivity contribution < 1.29 is 29.0 Å². The molecule has 3 N–H and O–H groups in total. The van der Waals surface area contributed by atoms with E-state index in [1.54, 1.807) is 65.8 Å². The predicted octanol–water partition coefficient (Wildman–Crippen LogP) is 4.34. The minimum atomic E-state index is -1.40. The zero-order valence-electron chi connectivity index (χ0n) is 17.8. The third-order valence-corrected chi connectivity index (χ3v) is 3.47. The smallest absolute Gasteiger partial charge is 0.432 e. The van der Waals surface area contributed by atoms with Gasteiger partial charge in [0.15, 0.2) is 5.82 Å². The molecule has 0 radical (unpaired) electrons. The monoisotopic (exact) mass is 418 g/mol. The van der Waals surface area contributed by atoms with Gasteiger partial charge in [-0.05, 0) is 53.7 Å². The quantitative estimate of drug-likeness (QED) is 0.687. The van der Waals surface area contributed by atoms with Crippen LogP contribution in [0.15, 0.2) is 30.3 Å². The van der Waals surface area contributed by atoms with E-state index in [9.17, 15) is 19.5 Å². The lowest BCUT2D eigenvalue weighted by molar-refractivity contribution is 0.0428. The van der Waals surface area contributed by atoms with Crippen LogP contribution >= 0.6 is 0 Å². The summed E-state index contributed by atoms with van der Waals surface area (Å²) in [5.74, 6) is -0.257. The molecule has 0 aliphatic carbocycles. The maximum atomic E-state index is 12.7. The van der Waals surface area contributed by atoms with Gasteiger partial charge in [0.2, 0.25) is 0 Å². The summed E-state index contributed by atoms with van der Waals surface area (Å²) in [6, 6.07) is 7.66. The summed E-state index contributed by atoms with van der Waals surface area (Å²) in [6.07, 6.45) is -3.49. The Bertz CT molecular complexity index is 923. The summed E-state index contributed by atoms with van der Waals surface area (Å²) in [7, 11) is 0. The van der Waals surface area contributed by atoms with Gasteiger partial charge >= 0.3 is 18.3 Å². The maximum Gasteiger partial charge on any atom is 0.432 e. The van der Waals surface area contributed by atoms with E-state index in [1.807, 2.05) is 0 Å². The molecule has 0 bridgehead atoms. The summed E-state index contributed by atoms with van der Waals surface area (Å²) in [5.41, 5.74) is 4.96. The van der Waals surface area contributed by atoms with Gasteiger partial charge in [0.25, 0.3) is 0 Å². The van der Waals surface area contributed by atoms with Crippen molar-refractivity contribution in [3.8, 4) is 11.3 Å². The number of rotatable bonds is 2. The number of anilines is 2. The minimum Gasteiger partial charge on any atom is -0.463 e. The van der Waals surface area contributed by atoms with Crippen molar-refractivity contribution in [1.82, 2.24) is 9.78 Å². The van der Waals surface area contributed by atoms with Gasteiger partial charge < -0.3 is 20.3 Å². The third-order valence-electron chi connectivity index (χ3n) is 3.47. The SMILES string of the molecule is CC(C)(C)OC(=O)N(C(=O)OC(C)(C)C)c1cc(-c2ccc(N)cc2)n(C(=O)O)n1. The number of carbonyl (C=O) groups is 3. The average molecular weight is 418 g/mol. The Hall–Kier alpha value is -3.56. The molecule has 0 spiro atoms. The van der Waals surface area contributed by atoms with Gasteiger partial charge in [0.1, 0.15) is 11.2 Å². The number of benzene rings is 1. The number of amides is 2. The number of aromatic nitrogens is 2. The van der Waals surface area contributed by atoms with E-state index in [0.29, 0.717) is 20.8 Å². The van der Waals surface area contributed by atoms with Crippen molar-refractivity contribution >= 4 is 29.8 Å². The molecular formula is C20H26N4O6. The van der Waals surface area contributed by atoms with Crippen LogP contribution in [-0.2, 0) is 9.47 Å². The maximum absolute atomic E-state index is 12.7. The van der Waals surface area contributed by atoms with E-state index in [-0.39, 0.29) is 11.5 Å². The number of hydrogen-bond acceptors (Lipinski definition) is 7. The normalized spacial score (nSPS) is 11.7. The zero-order chi connectivity index (χ0) is 22.9. The van der Waals surface area contributed by atoms with E-state index in [0.717, 1.165) is 0 Å². The minimum absolute atomic E-state index is 0.134. The summed E-state index contributed by atoms with van der Waals surface area (Å²) in [4.78, 5) is 37.8. The molecule has 1 aromatic carbocycles. The predicted molar refractivity (Wildman–Crippen MR) is 110 cm³/mol. The molecule has 0 unspecified atom stereocenters. The van der Waals surface area contributed by atoms with Gasteiger partial charge in [-0.2, -0.15) is 9.58 Å². The van der Waals surface area contributed by atoms with Crippen LogP contribution in [0.2, 0.25) is 0 Å². The van der Waals surface area contributed by atoms with Crippen molar-refractivity contribution in [1.29, 1.82) is 0 Å². The third kappa shape index (κ3) is 5.72. The lowest BCUT2D eigenvalue weighted by atomic mass is 10.1. The van der Waals surface area contributed by atoms with Crippen LogP contribution in [-0.4, -0.2) is 44.4 Å². The number of ether oxygens (including phenoxy) is 2. The highest BCUT2D eigenvalue weighted by Gasteiger charge is 2.35. The summed E-state index contributed by atoms with van der Waals surface area (Å²) < 4.78 is 11.2. The van der Waals surface area contributed by atoms with Gasteiger partial charge in [-0.1, -0.05) is 12.1 Å². The zero-order valence-corrected chi connectivity index (χ0v) is 17.8. The van der Waals surface area contributed by atoms with Gasteiger partial charge in [-0.15, -0.1) is 5.10 Å². The molecule has 10 heteroatoms. The van der Waals surface area contributed by atoms with Gasteiger partial charge in [0.05, 0.1) is 5.69 Å². The second-order valence-electron chi connectivity index (χ2n) is 8.50. The van der Waals surface area contributed by atoms with Crippen LogP contribution in [0.5, 0.6) is 0 Å². The topological polar surface area (TPSA) is 137 Å². The van der Waals surface area contributed by atoms with Crippen molar-refractivity contribution in [2.24, 2.45) is 0 Å². The lowest BCUT2D eigenvalue weighted by Crippen LogP contribution is -2.44. The van der Waals surface area contributed by atoms with E-state index in [2.05, 4.69) is 5.10 Å². The molecule has 0 saturated carbocycles. The molecule has 0 fully saturated rings. The van der Waals surface area contributed by atoms with E-state index >= 15 is 0 Å². The largest absolute Gasteiger partial charge is 0.463 e. The summed E-state index contributed by atoms with van der Waals surface area (Å²) in [5, 5.41) is 13.5. The highest BCUT2D eigenvalue weighted by molar-refractivity contribution is 6.09. The summed E-state index contributed by atoms with van der Waals surface area (Å²) >= 11 is 0. The number of nitrogens with zero attached hydrogens (tertiary/aromatic N) is 3. The number of nitrogen functional groups attached to an aromatic ring is 1. The van der Waals surface area contributed by atoms with Crippen molar-refractivity contribution in [2.75, 3.05) is 10.6 Å². The van der Waals surface area contributed by atoms with Crippen molar-refractivity contribution in [3.05, 3.63) is 30.3 Å². The fourth-order valence-electron chi connectivity index (χ4n) is 2.36. The first-order chi connectivity index (χ1) is 13.7. The fourth-order valence-corrected chi connectivity index (χ4v) is 2.36. The molecule has 2 rings (SSSR count). The van der Waals surface area contributed by atoms with Crippen LogP contribution in [0.4, 0.5) is 25.9 Å². The van der Waals surface area contributed by atoms with Crippen LogP contribution in [0.1, 0.15) is 41.5 Å². The number of carbonyl (C=O) groups excluding carboxylic acids is 2. The molecule has 0 saturated heterocycles. The average Bonchev–Trinajstić information content (AvgIpc) is 2.97. The fraction of sp³-hybridized carbons (Fsp3) is 0.400. The Morgan fingerprint density at radius 3 is 1.83 bits per heavy atom. The van der Waals surface area contributed by atoms with Crippen LogP contribution in [0.25, 0.3) is 11.3 Å². The van der Waals surface area contributed by atoms with E-state index < -0.39 is 29.5 Å². The standard InChI is InChI=1S/C20H26N4O6/c1-19(2,3)29-17(27)23(18(28)30-20(4,5)6)15-11-14(24(22-15)16(25)26)12-7-9-13(21)10-8-12/h7-11H,21H2,1-6H3,(H,25,26). The molecule has 0 aliphatic heterocycles. The van der Waals surface area contributed by atoms with Gasteiger partial charge in [-0.3, -0.25) is 0 Å². The molecule has 0 atom stereocenters. The summed E-state index contributed by atoms with van der Waals surface area (Å²) in [6.45, 7) is 9.80. The number of nitrogens with two attached hydrogens (primary N) is 1. The van der Waals surface area contributed by atoms with E-state index in [4.69, 9.17) is 15.2 Å². The Kier molecular flexibility index (Phi) is 6.10. The van der Waals surface area contributed by atoms with Crippen molar-refractivity contribution in [3.63, 3.8) is 0 Å². The second kappa shape index (κ2) is 8.05. The first-order valence-electron chi connectivity index (χ1n) is 9.13. The molecule has 10 nitrogen and oxygen atoms in total. The molecule has 30 heavy (non-hydrogen) atoms. The molecule has 1 heterocycles. The Balaban J connectivity index is 2.58. The second-order valence-corrected chi connectivity index (χ2v) is 8.50. The van der Waals surface area contributed by atoms with Crippen molar-refractivity contribution in [2.45, 2.75) is 52.7 Å². The Morgan fingerprint density at radius 1 is 0.967 bits per heavy atom. The lowest BCUT2D eigenvalue weighted by Gasteiger charge is -2.27. The Labute approximate surface area is 174 Å². The highest BCUT2D eigenvalue weighted by Crippen LogP contribution is 2.28. The molecule has 2 aromatic rings. The van der Waals surface area contributed by atoms with E-state index in [1.165, 1.54) is 6.07 Å². The molecule has 0 aliphatic rings. The number of imide groups is 1. The van der Waals surface area contributed by atoms with Crippen LogP contribution < -0.4 is 10.6 Å². The highest BCUT2D eigenvalue weighted by atomic mass is 16.6. The molecule has 1 aromatic heterocycles. The van der Waals surface area contributed by atoms with Gasteiger partial charge in [-0.25, -0.2) is 14.4 Å². The van der Waals surface area contributed by atoms with Crippen LogP contribution in [0.3, 0.4) is 0 Å². The molecule has 2 amide bonds. The van der Waals surface area contributed by atoms with Gasteiger partial charge in [0, 0.05) is 17.3 Å². The first-order valence-corrected chi connectivity index (χ1v) is 9.13. The first kappa shape index (κ1) is 22.7. The number of carboxylic acid groups (broad SMARTS) is 1. The Morgan fingerprint density at radius 2 is 1.43 bits per heavy atom. The molecule has 162 valence electrons. The molecular weight excluding hydrogens is 392 g/mol. The van der Waals surface area contributed by atoms with Crippen LogP contribution in [0, 0.1) is 0 Å². The number of hydrogen-bond donors (Lipinski definition) is 2.